The number of nitrogens with zero attached hydrogens (tertiary/aromatic N) is 4. The van der Waals surface area contributed by atoms with Gasteiger partial charge in [-0.2, -0.15) is 5.10 Å². The van der Waals surface area contributed by atoms with E-state index in [-0.39, 0.29) is 0 Å². The van der Waals surface area contributed by atoms with Crippen molar-refractivity contribution in [2.24, 2.45) is 7.05 Å². The lowest BCUT2D eigenvalue weighted by Crippen LogP contribution is -1.93. The van der Waals surface area contributed by atoms with E-state index in [4.69, 9.17) is 12.2 Å². The number of nitrogens with one attached hydrogen (secondary N) is 1. The van der Waals surface area contributed by atoms with Crippen LogP contribution < -0.4 is 0 Å². The van der Waals surface area contributed by atoms with Gasteiger partial charge in [-0.1, -0.05) is 0 Å². The molecule has 2 heterocycles. The minimum atomic E-state index is 0.597. The molecule has 1 aromatic carbocycles. The molecule has 3 rings (SSSR count). The van der Waals surface area contributed by atoms with Gasteiger partial charge in [-0.3, -0.25) is 15.1 Å². The molecule has 0 aliphatic rings. The van der Waals surface area contributed by atoms with Crippen LogP contribution in [0.3, 0.4) is 0 Å². The summed E-state index contributed by atoms with van der Waals surface area (Å²) in [5.41, 5.74) is 2.68. The number of fused-ring (bicyclic) bond motifs is 1. The summed E-state index contributed by atoms with van der Waals surface area (Å²) in [6.45, 7) is 0. The molecule has 0 unspecified atom stereocenters. The molecule has 0 bridgehead atoms. The highest BCUT2D eigenvalue weighted by molar-refractivity contribution is 7.71. The van der Waals surface area contributed by atoms with E-state index in [1.165, 1.54) is 0 Å². The SMILES string of the molecule is Cn1c(-c2ccc3nccnc3c2)n[nH]c1=S. The Morgan fingerprint density at radius 2 is 1.94 bits per heavy atom. The fourth-order valence-corrected chi connectivity index (χ4v) is 1.84. The highest BCUT2D eigenvalue weighted by Gasteiger charge is 2.06. The number of aromatic nitrogens is 5. The predicted octanol–water partition coefficient (Wildman–Crippen LogP) is 2.09. The van der Waals surface area contributed by atoms with Crippen molar-refractivity contribution < 1.29 is 0 Å². The van der Waals surface area contributed by atoms with Crippen LogP contribution in [0.15, 0.2) is 30.6 Å². The van der Waals surface area contributed by atoms with Crippen molar-refractivity contribution in [3.8, 4) is 11.4 Å². The zero-order valence-corrected chi connectivity index (χ0v) is 9.90. The van der Waals surface area contributed by atoms with Crippen LogP contribution in [-0.4, -0.2) is 24.7 Å². The summed E-state index contributed by atoms with van der Waals surface area (Å²) in [5.74, 6) is 0.794. The van der Waals surface area contributed by atoms with Crippen molar-refractivity contribution in [2.45, 2.75) is 0 Å². The van der Waals surface area contributed by atoms with Gasteiger partial charge in [-0.05, 0) is 30.4 Å². The van der Waals surface area contributed by atoms with E-state index >= 15 is 0 Å². The molecule has 6 heteroatoms. The predicted molar refractivity (Wildman–Crippen MR) is 66.9 cm³/mol. The number of hydrogen-bond donors (Lipinski definition) is 1. The minimum absolute atomic E-state index is 0.597. The zero-order valence-electron chi connectivity index (χ0n) is 9.08. The molecule has 5 nitrogen and oxygen atoms in total. The van der Waals surface area contributed by atoms with Gasteiger partial charge in [0.15, 0.2) is 10.6 Å². The third kappa shape index (κ3) is 1.62. The number of hydrogen-bond acceptors (Lipinski definition) is 4. The van der Waals surface area contributed by atoms with E-state index in [9.17, 15) is 0 Å². The van der Waals surface area contributed by atoms with Crippen LogP contribution in [0.2, 0.25) is 0 Å². The van der Waals surface area contributed by atoms with Crippen LogP contribution in [0.25, 0.3) is 22.4 Å². The summed E-state index contributed by atoms with van der Waals surface area (Å²) < 4.78 is 2.42. The molecule has 0 atom stereocenters. The second-order valence-corrected chi connectivity index (χ2v) is 4.06. The van der Waals surface area contributed by atoms with E-state index in [0.717, 1.165) is 22.4 Å². The first-order valence-corrected chi connectivity index (χ1v) is 5.49. The smallest absolute Gasteiger partial charge is 0.195 e. The fourth-order valence-electron chi connectivity index (χ4n) is 1.71. The molecule has 0 fully saturated rings. The Morgan fingerprint density at radius 1 is 1.18 bits per heavy atom. The third-order valence-corrected chi connectivity index (χ3v) is 2.97. The molecule has 0 radical (unpaired) electrons. The Kier molecular flexibility index (Phi) is 2.22. The van der Waals surface area contributed by atoms with Gasteiger partial charge < -0.3 is 4.57 Å². The Balaban J connectivity index is 2.25. The van der Waals surface area contributed by atoms with Crippen molar-refractivity contribution in [3.63, 3.8) is 0 Å². The van der Waals surface area contributed by atoms with Gasteiger partial charge in [0.05, 0.1) is 11.0 Å². The first-order chi connectivity index (χ1) is 8.25. The van der Waals surface area contributed by atoms with Crippen molar-refractivity contribution in [1.82, 2.24) is 24.7 Å². The summed E-state index contributed by atoms with van der Waals surface area (Å²) in [6.07, 6.45) is 3.35. The van der Waals surface area contributed by atoms with E-state index in [1.54, 1.807) is 12.4 Å². The van der Waals surface area contributed by atoms with Crippen molar-refractivity contribution in [2.75, 3.05) is 0 Å². The molecular weight excluding hydrogens is 234 g/mol. The van der Waals surface area contributed by atoms with Gasteiger partial charge in [0.1, 0.15) is 0 Å². The van der Waals surface area contributed by atoms with Crippen molar-refractivity contribution in [1.29, 1.82) is 0 Å². The molecule has 2 aromatic heterocycles. The zero-order chi connectivity index (χ0) is 11.8. The molecule has 0 saturated carbocycles. The molecule has 0 amide bonds. The second kappa shape index (κ2) is 3.74. The van der Waals surface area contributed by atoms with Gasteiger partial charge in [0.2, 0.25) is 0 Å². The fraction of sp³-hybridized carbons (Fsp3) is 0.0909. The molecule has 0 aliphatic heterocycles. The van der Waals surface area contributed by atoms with Crippen LogP contribution in [0.5, 0.6) is 0 Å². The van der Waals surface area contributed by atoms with Gasteiger partial charge in [-0.25, -0.2) is 0 Å². The highest BCUT2D eigenvalue weighted by atomic mass is 32.1. The van der Waals surface area contributed by atoms with Crippen LogP contribution in [-0.2, 0) is 7.05 Å². The van der Waals surface area contributed by atoms with Crippen molar-refractivity contribution >= 4 is 23.3 Å². The number of benzene rings is 1. The number of H-pyrrole nitrogens is 1. The lowest BCUT2D eigenvalue weighted by Gasteiger charge is -2.01. The lowest BCUT2D eigenvalue weighted by atomic mass is 10.2. The Labute approximate surface area is 102 Å². The number of rotatable bonds is 1. The van der Waals surface area contributed by atoms with Crippen molar-refractivity contribution in [3.05, 3.63) is 35.4 Å². The van der Waals surface area contributed by atoms with Crippen LogP contribution in [0.1, 0.15) is 0 Å². The van der Waals surface area contributed by atoms with Crippen LogP contribution in [0, 0.1) is 4.77 Å². The van der Waals surface area contributed by atoms with E-state index < -0.39 is 0 Å². The molecule has 0 saturated heterocycles. The maximum atomic E-state index is 5.09. The maximum Gasteiger partial charge on any atom is 0.195 e. The molecule has 0 aliphatic carbocycles. The number of aromatic amines is 1. The average molecular weight is 243 g/mol. The summed E-state index contributed by atoms with van der Waals surface area (Å²) in [4.78, 5) is 8.49. The normalized spacial score (nSPS) is 10.9. The van der Waals surface area contributed by atoms with Gasteiger partial charge in [0, 0.05) is 25.0 Å². The second-order valence-electron chi connectivity index (χ2n) is 3.67. The third-order valence-electron chi connectivity index (χ3n) is 2.61. The summed E-state index contributed by atoms with van der Waals surface area (Å²) in [5, 5.41) is 6.95. The average Bonchev–Trinajstić information content (AvgIpc) is 2.70. The van der Waals surface area contributed by atoms with Crippen LogP contribution in [0.4, 0.5) is 0 Å². The Hall–Kier alpha value is -2.08. The molecular formula is C11H9N5S. The maximum absolute atomic E-state index is 5.09. The first kappa shape index (κ1) is 10.1. The summed E-state index contributed by atoms with van der Waals surface area (Å²) in [7, 11) is 1.88. The molecule has 3 aromatic rings. The summed E-state index contributed by atoms with van der Waals surface area (Å²) in [6, 6.07) is 5.84. The van der Waals surface area contributed by atoms with Gasteiger partial charge >= 0.3 is 0 Å². The van der Waals surface area contributed by atoms with Gasteiger partial charge in [-0.15, -0.1) is 0 Å². The first-order valence-electron chi connectivity index (χ1n) is 5.08. The standard InChI is InChI=1S/C11H9N5S/c1-16-10(14-15-11(16)17)7-2-3-8-9(6-7)13-5-4-12-8/h2-6H,1H3,(H,15,17). The Bertz CT molecular complexity index is 743. The van der Waals surface area contributed by atoms with Gasteiger partial charge in [0.25, 0.3) is 0 Å². The molecule has 84 valence electrons. The molecule has 17 heavy (non-hydrogen) atoms. The van der Waals surface area contributed by atoms with Crippen LogP contribution >= 0.6 is 12.2 Å². The van der Waals surface area contributed by atoms with E-state index in [0.29, 0.717) is 4.77 Å². The topological polar surface area (TPSA) is 59.4 Å². The minimum Gasteiger partial charge on any atom is -0.303 e. The highest BCUT2D eigenvalue weighted by Crippen LogP contribution is 2.20. The molecule has 0 spiro atoms. The van der Waals surface area contributed by atoms with E-state index in [2.05, 4.69) is 20.2 Å². The lowest BCUT2D eigenvalue weighted by molar-refractivity contribution is 0.902. The Morgan fingerprint density at radius 3 is 2.65 bits per heavy atom. The largest absolute Gasteiger partial charge is 0.303 e. The van der Waals surface area contributed by atoms with E-state index in [1.807, 2.05) is 29.8 Å². The molecule has 1 N–H and O–H groups in total. The monoisotopic (exact) mass is 243 g/mol. The quantitative estimate of drug-likeness (QED) is 0.665. The summed E-state index contributed by atoms with van der Waals surface area (Å²) >= 11 is 5.09.